The Balaban J connectivity index is 2.12. The molecule has 0 amide bonds. The Morgan fingerprint density at radius 1 is 1.55 bits per heavy atom. The van der Waals surface area contributed by atoms with Crippen molar-refractivity contribution in [2.45, 2.75) is 39.2 Å². The van der Waals surface area contributed by atoms with Gasteiger partial charge in [0.2, 0.25) is 0 Å². The monoisotopic (exact) mass is 276 g/mol. The van der Waals surface area contributed by atoms with Crippen molar-refractivity contribution in [1.29, 1.82) is 5.41 Å². The van der Waals surface area contributed by atoms with Crippen LogP contribution in [0.2, 0.25) is 0 Å². The summed E-state index contributed by atoms with van der Waals surface area (Å²) in [6.07, 6.45) is 3.56. The van der Waals surface area contributed by atoms with Gasteiger partial charge in [-0.05, 0) is 38.3 Å². The van der Waals surface area contributed by atoms with Gasteiger partial charge < -0.3 is 15.4 Å². The van der Waals surface area contributed by atoms with Crippen molar-refractivity contribution in [2.75, 3.05) is 24.6 Å². The van der Waals surface area contributed by atoms with Crippen LogP contribution in [0.15, 0.2) is 12.1 Å². The van der Waals surface area contributed by atoms with E-state index in [4.69, 9.17) is 15.9 Å². The first-order valence-electron chi connectivity index (χ1n) is 7.29. The molecule has 1 aromatic heterocycles. The first kappa shape index (κ1) is 14.8. The molecule has 1 aromatic rings. The number of aryl methyl sites for hydroxylation is 1. The van der Waals surface area contributed by atoms with Crippen LogP contribution in [-0.4, -0.2) is 36.6 Å². The molecule has 0 radical (unpaired) electrons. The highest BCUT2D eigenvalue weighted by molar-refractivity contribution is 5.95. The van der Waals surface area contributed by atoms with E-state index in [1.807, 2.05) is 19.1 Å². The Morgan fingerprint density at radius 3 is 3.05 bits per heavy atom. The van der Waals surface area contributed by atoms with Crippen LogP contribution < -0.4 is 10.6 Å². The van der Waals surface area contributed by atoms with Crippen LogP contribution in [0.3, 0.4) is 0 Å². The maximum absolute atomic E-state index is 7.58. The van der Waals surface area contributed by atoms with E-state index in [1.54, 1.807) is 0 Å². The van der Waals surface area contributed by atoms with Crippen molar-refractivity contribution < 1.29 is 4.74 Å². The summed E-state index contributed by atoms with van der Waals surface area (Å²) in [4.78, 5) is 6.81. The number of nitrogen functional groups attached to an aromatic ring is 1. The second-order valence-electron chi connectivity index (χ2n) is 5.35. The van der Waals surface area contributed by atoms with Gasteiger partial charge in [0.25, 0.3) is 0 Å². The number of nitrogens with zero attached hydrogens (tertiary/aromatic N) is 2. The molecule has 0 spiro atoms. The van der Waals surface area contributed by atoms with E-state index < -0.39 is 0 Å². The highest BCUT2D eigenvalue weighted by Crippen LogP contribution is 2.21. The molecule has 2 rings (SSSR count). The number of ether oxygens (including phenoxy) is 1. The Hall–Kier alpha value is -1.62. The molecule has 1 unspecified atom stereocenters. The molecule has 1 atom stereocenters. The number of anilines is 1. The quantitative estimate of drug-likeness (QED) is 0.637. The molecule has 1 saturated heterocycles. The summed E-state index contributed by atoms with van der Waals surface area (Å²) in [5, 5.41) is 7.58. The average Bonchev–Trinajstić information content (AvgIpc) is 2.44. The van der Waals surface area contributed by atoms with Gasteiger partial charge in [-0.2, -0.15) is 0 Å². The topological polar surface area (TPSA) is 75.2 Å². The molecule has 2 heterocycles. The van der Waals surface area contributed by atoms with Crippen molar-refractivity contribution in [2.24, 2.45) is 5.73 Å². The van der Waals surface area contributed by atoms with Crippen LogP contribution >= 0.6 is 0 Å². The van der Waals surface area contributed by atoms with Crippen molar-refractivity contribution in [3.8, 4) is 0 Å². The van der Waals surface area contributed by atoms with E-state index in [9.17, 15) is 0 Å². The van der Waals surface area contributed by atoms with E-state index in [1.165, 1.54) is 0 Å². The van der Waals surface area contributed by atoms with E-state index in [-0.39, 0.29) is 11.9 Å². The van der Waals surface area contributed by atoms with E-state index in [2.05, 4.69) is 16.8 Å². The fourth-order valence-corrected chi connectivity index (χ4v) is 2.54. The third-order valence-electron chi connectivity index (χ3n) is 3.51. The van der Waals surface area contributed by atoms with Gasteiger partial charge >= 0.3 is 0 Å². The maximum Gasteiger partial charge on any atom is 0.129 e. The number of nitrogens with two attached hydrogens (primary N) is 1. The van der Waals surface area contributed by atoms with Gasteiger partial charge in [0, 0.05) is 31.0 Å². The number of amidine groups is 1. The van der Waals surface area contributed by atoms with Crippen molar-refractivity contribution >= 4 is 11.7 Å². The van der Waals surface area contributed by atoms with Gasteiger partial charge in [0.05, 0.1) is 6.10 Å². The van der Waals surface area contributed by atoms with Gasteiger partial charge in [-0.1, -0.05) is 6.92 Å². The summed E-state index contributed by atoms with van der Waals surface area (Å²) >= 11 is 0. The minimum Gasteiger partial charge on any atom is -0.384 e. The molecular formula is C15H24N4O. The maximum atomic E-state index is 7.58. The lowest BCUT2D eigenvalue weighted by atomic mass is 10.1. The van der Waals surface area contributed by atoms with Gasteiger partial charge in [-0.3, -0.25) is 5.41 Å². The standard InChI is InChI=1S/C15H24N4O/c1-3-7-20-13-5-4-6-19(10-13)14-9-12(15(16)17)8-11(2)18-14/h8-9,13H,3-7,10H2,1-2H3,(H3,16,17). The van der Waals surface area contributed by atoms with E-state index in [0.29, 0.717) is 0 Å². The lowest BCUT2D eigenvalue weighted by Crippen LogP contribution is -2.40. The Bertz CT molecular complexity index is 475. The average molecular weight is 276 g/mol. The molecule has 20 heavy (non-hydrogen) atoms. The first-order valence-corrected chi connectivity index (χ1v) is 7.29. The predicted octanol–water partition coefficient (Wildman–Crippen LogP) is 2.07. The first-order chi connectivity index (χ1) is 9.60. The van der Waals surface area contributed by atoms with Crippen LogP contribution in [0.4, 0.5) is 5.82 Å². The fourth-order valence-electron chi connectivity index (χ4n) is 2.54. The lowest BCUT2D eigenvalue weighted by Gasteiger charge is -2.33. The van der Waals surface area contributed by atoms with Crippen molar-refractivity contribution in [3.63, 3.8) is 0 Å². The number of hydrogen-bond donors (Lipinski definition) is 2. The number of nitrogens with one attached hydrogen (secondary N) is 1. The van der Waals surface area contributed by atoms with Crippen LogP contribution in [-0.2, 0) is 4.74 Å². The number of pyridine rings is 1. The Kier molecular flexibility index (Phi) is 4.95. The zero-order valence-corrected chi connectivity index (χ0v) is 12.4. The number of hydrogen-bond acceptors (Lipinski definition) is 4. The third kappa shape index (κ3) is 3.70. The van der Waals surface area contributed by atoms with E-state index in [0.717, 1.165) is 56.0 Å². The Labute approximate surface area is 120 Å². The van der Waals surface area contributed by atoms with E-state index >= 15 is 0 Å². The molecule has 110 valence electrons. The molecule has 0 bridgehead atoms. The molecular weight excluding hydrogens is 252 g/mol. The van der Waals surface area contributed by atoms with Crippen LogP contribution in [0.1, 0.15) is 37.4 Å². The minimum absolute atomic E-state index is 0.0903. The SMILES string of the molecule is CCCOC1CCCN(c2cc(C(=N)N)cc(C)n2)C1. The minimum atomic E-state index is 0.0903. The Morgan fingerprint density at radius 2 is 2.35 bits per heavy atom. The van der Waals surface area contributed by atoms with Gasteiger partial charge in [0.1, 0.15) is 11.7 Å². The van der Waals surface area contributed by atoms with Crippen LogP contribution in [0.25, 0.3) is 0 Å². The summed E-state index contributed by atoms with van der Waals surface area (Å²) in [6.45, 7) is 6.73. The largest absolute Gasteiger partial charge is 0.384 e. The molecule has 1 aliphatic heterocycles. The van der Waals surface area contributed by atoms with Gasteiger partial charge in [-0.25, -0.2) is 4.98 Å². The number of rotatable bonds is 5. The molecule has 1 fully saturated rings. The molecule has 1 aliphatic rings. The highest BCUT2D eigenvalue weighted by Gasteiger charge is 2.21. The number of aromatic nitrogens is 1. The van der Waals surface area contributed by atoms with Gasteiger partial charge in [-0.15, -0.1) is 0 Å². The molecule has 0 aliphatic carbocycles. The summed E-state index contributed by atoms with van der Waals surface area (Å²) in [5.74, 6) is 0.993. The molecule has 3 N–H and O–H groups in total. The second-order valence-corrected chi connectivity index (χ2v) is 5.35. The van der Waals surface area contributed by atoms with Crippen LogP contribution in [0.5, 0.6) is 0 Å². The predicted molar refractivity (Wildman–Crippen MR) is 81.5 cm³/mol. The summed E-state index contributed by atoms with van der Waals surface area (Å²) in [6, 6.07) is 3.75. The normalized spacial score (nSPS) is 19.1. The zero-order chi connectivity index (χ0) is 14.5. The summed E-state index contributed by atoms with van der Waals surface area (Å²) in [5.41, 5.74) is 7.22. The lowest BCUT2D eigenvalue weighted by molar-refractivity contribution is 0.0439. The highest BCUT2D eigenvalue weighted by atomic mass is 16.5. The number of piperidine rings is 1. The smallest absolute Gasteiger partial charge is 0.129 e. The summed E-state index contributed by atoms with van der Waals surface area (Å²) < 4.78 is 5.86. The fraction of sp³-hybridized carbons (Fsp3) is 0.600. The van der Waals surface area contributed by atoms with Gasteiger partial charge in [0.15, 0.2) is 0 Å². The molecule has 0 saturated carbocycles. The molecule has 0 aromatic carbocycles. The van der Waals surface area contributed by atoms with Crippen molar-refractivity contribution in [1.82, 2.24) is 4.98 Å². The third-order valence-corrected chi connectivity index (χ3v) is 3.51. The van der Waals surface area contributed by atoms with Crippen LogP contribution in [0, 0.1) is 12.3 Å². The second kappa shape index (κ2) is 6.70. The molecule has 5 heteroatoms. The zero-order valence-electron chi connectivity index (χ0n) is 12.4. The van der Waals surface area contributed by atoms with Crippen molar-refractivity contribution in [3.05, 3.63) is 23.4 Å². The summed E-state index contributed by atoms with van der Waals surface area (Å²) in [7, 11) is 0. The molecule has 5 nitrogen and oxygen atoms in total.